The Balaban J connectivity index is 1.99. The van der Waals surface area contributed by atoms with Crippen molar-refractivity contribution in [1.29, 1.82) is 0 Å². The summed E-state index contributed by atoms with van der Waals surface area (Å²) in [5, 5.41) is 8.56. The number of hydrogen-bond donors (Lipinski definition) is 3. The molecule has 0 radical (unpaired) electrons. The van der Waals surface area contributed by atoms with Gasteiger partial charge in [-0.05, 0) is 30.7 Å². The van der Waals surface area contributed by atoms with Gasteiger partial charge in [-0.3, -0.25) is 9.59 Å². The third kappa shape index (κ3) is 6.21. The molecule has 0 aliphatic carbocycles. The van der Waals surface area contributed by atoms with Crippen molar-refractivity contribution < 1.29 is 9.59 Å². The molecule has 7 heteroatoms. The van der Waals surface area contributed by atoms with Gasteiger partial charge in [0, 0.05) is 31.0 Å². The average molecular weight is 341 g/mol. The molecule has 2 rings (SSSR count). The quantitative estimate of drug-likeness (QED) is 0.640. The van der Waals surface area contributed by atoms with Crippen molar-refractivity contribution in [2.45, 2.75) is 33.1 Å². The maximum absolute atomic E-state index is 12.4. The van der Waals surface area contributed by atoms with E-state index in [1.165, 1.54) is 6.92 Å². The molecular weight excluding hydrogens is 318 g/mol. The van der Waals surface area contributed by atoms with E-state index in [0.29, 0.717) is 17.3 Å². The number of amides is 2. The normalized spacial score (nSPS) is 10.2. The van der Waals surface area contributed by atoms with Crippen molar-refractivity contribution in [1.82, 2.24) is 9.97 Å². The molecule has 0 aliphatic rings. The standard InChI is InChI=1S/C18H23N5O2/c1-3-4-5-10-19-18-20-11-9-16(23-18)17(25)22-15-8-6-7-14(12-15)21-13(2)24/h6-9,11-12H,3-5,10H2,1-2H3,(H,21,24)(H,22,25)(H,19,20,23). The Morgan fingerprint density at radius 1 is 1.08 bits per heavy atom. The largest absolute Gasteiger partial charge is 0.354 e. The summed E-state index contributed by atoms with van der Waals surface area (Å²) in [4.78, 5) is 31.8. The minimum absolute atomic E-state index is 0.168. The highest BCUT2D eigenvalue weighted by molar-refractivity contribution is 6.03. The summed E-state index contributed by atoms with van der Waals surface area (Å²) < 4.78 is 0. The number of carbonyl (C=O) groups is 2. The minimum Gasteiger partial charge on any atom is -0.354 e. The van der Waals surface area contributed by atoms with E-state index < -0.39 is 0 Å². The molecule has 2 aromatic rings. The van der Waals surface area contributed by atoms with Crippen LogP contribution < -0.4 is 16.0 Å². The van der Waals surface area contributed by atoms with E-state index >= 15 is 0 Å². The van der Waals surface area contributed by atoms with Crippen molar-refractivity contribution in [2.24, 2.45) is 0 Å². The fourth-order valence-corrected chi connectivity index (χ4v) is 2.22. The van der Waals surface area contributed by atoms with Crippen molar-refractivity contribution in [2.75, 3.05) is 22.5 Å². The van der Waals surface area contributed by atoms with Crippen LogP contribution in [0.15, 0.2) is 36.5 Å². The molecule has 3 N–H and O–H groups in total. The van der Waals surface area contributed by atoms with E-state index in [9.17, 15) is 9.59 Å². The average Bonchev–Trinajstić information content (AvgIpc) is 2.59. The first-order valence-electron chi connectivity index (χ1n) is 8.34. The summed E-state index contributed by atoms with van der Waals surface area (Å²) in [7, 11) is 0. The summed E-state index contributed by atoms with van der Waals surface area (Å²) in [6.45, 7) is 4.35. The SMILES string of the molecule is CCCCCNc1nccc(C(=O)Nc2cccc(NC(C)=O)c2)n1. The van der Waals surface area contributed by atoms with Crippen LogP contribution in [0.25, 0.3) is 0 Å². The molecule has 0 fully saturated rings. The molecule has 0 saturated carbocycles. The third-order valence-corrected chi connectivity index (χ3v) is 3.39. The molecule has 7 nitrogen and oxygen atoms in total. The monoisotopic (exact) mass is 341 g/mol. The summed E-state index contributed by atoms with van der Waals surface area (Å²) in [5.74, 6) is -0.0622. The Morgan fingerprint density at radius 3 is 2.56 bits per heavy atom. The van der Waals surface area contributed by atoms with Gasteiger partial charge < -0.3 is 16.0 Å². The van der Waals surface area contributed by atoms with Gasteiger partial charge in [-0.15, -0.1) is 0 Å². The Morgan fingerprint density at radius 2 is 1.84 bits per heavy atom. The predicted octanol–water partition coefficient (Wildman–Crippen LogP) is 3.29. The van der Waals surface area contributed by atoms with Crippen LogP contribution in [0, 0.1) is 0 Å². The highest BCUT2D eigenvalue weighted by Gasteiger charge is 2.09. The molecule has 0 spiro atoms. The van der Waals surface area contributed by atoms with Gasteiger partial charge in [-0.1, -0.05) is 25.8 Å². The van der Waals surface area contributed by atoms with Gasteiger partial charge in [-0.25, -0.2) is 9.97 Å². The number of unbranched alkanes of at least 4 members (excludes halogenated alkanes) is 2. The highest BCUT2D eigenvalue weighted by Crippen LogP contribution is 2.16. The maximum atomic E-state index is 12.4. The second kappa shape index (κ2) is 9.36. The van der Waals surface area contributed by atoms with E-state index in [1.54, 1.807) is 36.5 Å². The summed E-state index contributed by atoms with van der Waals surface area (Å²) in [6, 6.07) is 8.49. The van der Waals surface area contributed by atoms with E-state index in [1.807, 2.05) is 0 Å². The van der Waals surface area contributed by atoms with E-state index in [2.05, 4.69) is 32.8 Å². The van der Waals surface area contributed by atoms with Gasteiger partial charge in [0.25, 0.3) is 5.91 Å². The molecule has 1 heterocycles. The van der Waals surface area contributed by atoms with Gasteiger partial charge in [0.15, 0.2) is 0 Å². The Kier molecular flexibility index (Phi) is 6.88. The van der Waals surface area contributed by atoms with Crippen molar-refractivity contribution in [3.05, 3.63) is 42.2 Å². The van der Waals surface area contributed by atoms with Crippen LogP contribution in [0.4, 0.5) is 17.3 Å². The van der Waals surface area contributed by atoms with Crippen molar-refractivity contribution in [3.8, 4) is 0 Å². The molecular formula is C18H23N5O2. The van der Waals surface area contributed by atoms with Crippen LogP contribution >= 0.6 is 0 Å². The van der Waals surface area contributed by atoms with Gasteiger partial charge in [0.05, 0.1) is 0 Å². The summed E-state index contributed by atoms with van der Waals surface area (Å²) in [6.07, 6.45) is 4.87. The fraction of sp³-hybridized carbons (Fsp3) is 0.333. The van der Waals surface area contributed by atoms with Gasteiger partial charge in [0.1, 0.15) is 5.69 Å². The number of nitrogens with zero attached hydrogens (tertiary/aromatic N) is 2. The molecule has 25 heavy (non-hydrogen) atoms. The summed E-state index contributed by atoms with van der Waals surface area (Å²) >= 11 is 0. The smallest absolute Gasteiger partial charge is 0.274 e. The molecule has 132 valence electrons. The summed E-state index contributed by atoms with van der Waals surface area (Å²) in [5.41, 5.74) is 1.47. The Hall–Kier alpha value is -2.96. The number of hydrogen-bond acceptors (Lipinski definition) is 5. The second-order valence-corrected chi connectivity index (χ2v) is 5.62. The fourth-order valence-electron chi connectivity index (χ4n) is 2.22. The Bertz CT molecular complexity index is 733. The second-order valence-electron chi connectivity index (χ2n) is 5.62. The van der Waals surface area contributed by atoms with E-state index in [0.717, 1.165) is 25.8 Å². The lowest BCUT2D eigenvalue weighted by Crippen LogP contribution is -2.16. The lowest BCUT2D eigenvalue weighted by atomic mass is 10.2. The zero-order valence-electron chi connectivity index (χ0n) is 14.5. The first kappa shape index (κ1) is 18.4. The van der Waals surface area contributed by atoms with Gasteiger partial charge in [-0.2, -0.15) is 0 Å². The van der Waals surface area contributed by atoms with Crippen LogP contribution in [0.3, 0.4) is 0 Å². The molecule has 0 bridgehead atoms. The molecule has 0 aliphatic heterocycles. The lowest BCUT2D eigenvalue weighted by Gasteiger charge is -2.09. The predicted molar refractivity (Wildman–Crippen MR) is 98.7 cm³/mol. The third-order valence-electron chi connectivity index (χ3n) is 3.39. The highest BCUT2D eigenvalue weighted by atomic mass is 16.2. The number of carbonyl (C=O) groups excluding carboxylic acids is 2. The minimum atomic E-state index is -0.334. The van der Waals surface area contributed by atoms with Crippen LogP contribution in [-0.2, 0) is 4.79 Å². The van der Waals surface area contributed by atoms with E-state index in [4.69, 9.17) is 0 Å². The number of benzene rings is 1. The van der Waals surface area contributed by atoms with Gasteiger partial charge >= 0.3 is 0 Å². The molecule has 1 aromatic heterocycles. The van der Waals surface area contributed by atoms with Crippen LogP contribution in [0.5, 0.6) is 0 Å². The lowest BCUT2D eigenvalue weighted by molar-refractivity contribution is -0.114. The van der Waals surface area contributed by atoms with E-state index in [-0.39, 0.29) is 17.5 Å². The van der Waals surface area contributed by atoms with Crippen LogP contribution in [0.1, 0.15) is 43.6 Å². The number of nitrogens with one attached hydrogen (secondary N) is 3. The number of rotatable bonds is 8. The van der Waals surface area contributed by atoms with Crippen molar-refractivity contribution in [3.63, 3.8) is 0 Å². The number of anilines is 3. The molecule has 0 atom stereocenters. The molecule has 0 unspecified atom stereocenters. The first-order valence-corrected chi connectivity index (χ1v) is 8.34. The zero-order chi connectivity index (χ0) is 18.1. The first-order chi connectivity index (χ1) is 12.1. The Labute approximate surface area is 147 Å². The zero-order valence-corrected chi connectivity index (χ0v) is 14.5. The van der Waals surface area contributed by atoms with Crippen LogP contribution in [0.2, 0.25) is 0 Å². The molecule has 1 aromatic carbocycles. The van der Waals surface area contributed by atoms with Gasteiger partial charge in [0.2, 0.25) is 11.9 Å². The topological polar surface area (TPSA) is 96.0 Å². The molecule has 0 saturated heterocycles. The molecule has 2 amide bonds. The maximum Gasteiger partial charge on any atom is 0.274 e. The number of aromatic nitrogens is 2. The van der Waals surface area contributed by atoms with Crippen molar-refractivity contribution >= 4 is 29.1 Å². The van der Waals surface area contributed by atoms with Crippen LogP contribution in [-0.4, -0.2) is 28.3 Å².